The Balaban J connectivity index is 0.000000576. The highest BCUT2D eigenvalue weighted by atomic mass is 15.3. The van der Waals surface area contributed by atoms with E-state index in [4.69, 9.17) is 85.4 Å². The molecule has 96 heavy (non-hydrogen) atoms. The molecular formula is C60H108N36. The Morgan fingerprint density at radius 1 is 0.406 bits per heavy atom. The van der Waals surface area contributed by atoms with Crippen molar-refractivity contribution in [1.82, 2.24) is 55.2 Å². The van der Waals surface area contributed by atoms with Crippen molar-refractivity contribution in [2.24, 2.45) is 124 Å². The molecule has 36 nitrogen and oxygen atoms in total. The van der Waals surface area contributed by atoms with Crippen molar-refractivity contribution >= 4 is 71.5 Å². The molecule has 0 saturated carbocycles. The molecule has 36 N–H and O–H groups in total. The summed E-state index contributed by atoms with van der Waals surface area (Å²) >= 11 is 0. The van der Waals surface area contributed by atoms with Gasteiger partial charge in [-0.3, -0.25) is 51.0 Å². The normalized spacial score (nSPS) is 11.4. The first kappa shape index (κ1) is 82.1. The van der Waals surface area contributed by atoms with E-state index >= 15 is 0 Å². The summed E-state index contributed by atoms with van der Waals surface area (Å²) in [5.74, 6) is 1.71. The topological polar surface area (TPSA) is 638 Å². The minimum atomic E-state index is -0.114. The van der Waals surface area contributed by atoms with Gasteiger partial charge in [0.05, 0.1) is 0 Å². The first-order chi connectivity index (χ1) is 45.3. The van der Waals surface area contributed by atoms with Crippen LogP contribution in [0.3, 0.4) is 0 Å². The lowest BCUT2D eigenvalue weighted by Crippen LogP contribution is -2.42. The van der Waals surface area contributed by atoms with Gasteiger partial charge in [0.15, 0.2) is 47.7 Å². The molecule has 528 valence electrons. The highest BCUT2D eigenvalue weighted by Gasteiger charge is 2.08. The first-order valence-electron chi connectivity index (χ1n) is 30.2. The molecular weight excluding hydrogens is 1220 g/mol. The van der Waals surface area contributed by atoms with E-state index in [0.717, 1.165) is 109 Å². The number of hydrogen-bond donors (Lipinski definition) is 23. The van der Waals surface area contributed by atoms with Crippen molar-refractivity contribution in [2.75, 3.05) is 81.6 Å². The summed E-state index contributed by atoms with van der Waals surface area (Å²) in [4.78, 5) is 63.3. The van der Waals surface area contributed by atoms with Gasteiger partial charge < -0.3 is 120 Å². The van der Waals surface area contributed by atoms with Crippen LogP contribution in [0, 0.1) is 52.4 Å². The smallest absolute Gasteiger partial charge is 0.223 e. The number of aryl methyl sites for hydroxylation is 6. The number of aromatic amines is 6. The average molecular weight is 1330 g/mol. The zero-order valence-electron chi connectivity index (χ0n) is 57.7. The Morgan fingerprint density at radius 3 is 1.11 bits per heavy atom. The van der Waals surface area contributed by atoms with Crippen molar-refractivity contribution in [3.63, 3.8) is 0 Å². The largest absolute Gasteiger partial charge is 0.370 e. The van der Waals surface area contributed by atoms with E-state index in [-0.39, 0.29) is 59.6 Å². The van der Waals surface area contributed by atoms with Crippen LogP contribution in [-0.2, 0) is 38.5 Å². The van der Waals surface area contributed by atoms with Gasteiger partial charge in [0.25, 0.3) is 0 Å². The number of guanidine groups is 12. The number of aliphatic imine (C=N–C) groups is 10. The fourth-order valence-corrected chi connectivity index (χ4v) is 7.76. The second-order valence-electron chi connectivity index (χ2n) is 21.2. The molecule has 0 fully saturated rings. The van der Waals surface area contributed by atoms with Gasteiger partial charge >= 0.3 is 0 Å². The van der Waals surface area contributed by atoms with Crippen molar-refractivity contribution in [3.8, 4) is 0 Å². The van der Waals surface area contributed by atoms with Gasteiger partial charge in [-0.25, -0.2) is 0 Å². The molecule has 6 heterocycles. The zero-order valence-corrected chi connectivity index (χ0v) is 57.7. The third-order valence-electron chi connectivity index (χ3n) is 12.7. The van der Waals surface area contributed by atoms with Gasteiger partial charge in [0, 0.05) is 188 Å². The monoisotopic (exact) mass is 1330 g/mol. The second kappa shape index (κ2) is 45.4. The maximum absolute atomic E-state index is 7.56. The number of aromatic nitrogens is 6. The van der Waals surface area contributed by atoms with E-state index < -0.39 is 0 Å². The third-order valence-corrected chi connectivity index (χ3v) is 12.7. The second-order valence-corrected chi connectivity index (χ2v) is 21.2. The average Bonchev–Trinajstić information content (AvgIpc) is 2.36. The number of rotatable bonds is 18. The van der Waals surface area contributed by atoms with Crippen molar-refractivity contribution < 1.29 is 0 Å². The van der Waals surface area contributed by atoms with Gasteiger partial charge in [-0.2, -0.15) is 20.0 Å². The first-order valence-corrected chi connectivity index (χ1v) is 30.2. The summed E-state index contributed by atoms with van der Waals surface area (Å²) in [6, 6.07) is 24.4. The molecule has 0 saturated heterocycles. The van der Waals surface area contributed by atoms with Gasteiger partial charge in [-0.1, -0.05) is 0 Å². The van der Waals surface area contributed by atoms with Crippen LogP contribution in [0.5, 0.6) is 0 Å². The van der Waals surface area contributed by atoms with Gasteiger partial charge in [-0.15, -0.1) is 0 Å². The van der Waals surface area contributed by atoms with Crippen LogP contribution in [0.2, 0.25) is 0 Å². The number of nitrogens with zero attached hydrogens (tertiary/aromatic N) is 13. The van der Waals surface area contributed by atoms with Crippen LogP contribution in [0.15, 0.2) is 123 Å². The highest BCUT2D eigenvalue weighted by molar-refractivity contribution is 5.97. The molecule has 0 unspecified atom stereocenters. The van der Waals surface area contributed by atoms with E-state index in [1.165, 1.54) is 16.3 Å². The molecule has 36 heteroatoms. The summed E-state index contributed by atoms with van der Waals surface area (Å²) in [6.45, 7) is 16.0. The summed E-state index contributed by atoms with van der Waals surface area (Å²) in [5, 5.41) is 20.4. The predicted octanol–water partition coefficient (Wildman–Crippen LogP) is -1.05. The lowest BCUT2D eigenvalue weighted by atomic mass is 10.3. The molecule has 6 aromatic heterocycles. The third kappa shape index (κ3) is 38.7. The van der Waals surface area contributed by atoms with E-state index in [0.29, 0.717) is 38.1 Å². The summed E-state index contributed by atoms with van der Waals surface area (Å²) in [6.07, 6.45) is 4.98. The highest BCUT2D eigenvalue weighted by Crippen LogP contribution is 2.06. The molecule has 0 atom stereocenters. The summed E-state index contributed by atoms with van der Waals surface area (Å²) in [5.41, 5.74) is 83.0. The molecule has 6 aromatic rings. The zero-order chi connectivity index (χ0) is 72.3. The molecule has 0 radical (unpaired) electrons. The minimum absolute atomic E-state index is 0.00354. The van der Waals surface area contributed by atoms with Crippen molar-refractivity contribution in [1.29, 1.82) is 10.8 Å². The number of hydrogen-bond acceptors (Lipinski definition) is 8. The summed E-state index contributed by atoms with van der Waals surface area (Å²) in [7, 11) is 10.2. The van der Waals surface area contributed by atoms with E-state index in [9.17, 15) is 0 Å². The maximum atomic E-state index is 7.56. The lowest BCUT2D eigenvalue weighted by Gasteiger charge is -2.17. The minimum Gasteiger partial charge on any atom is -0.370 e. The van der Waals surface area contributed by atoms with E-state index in [1.54, 1.807) is 40.1 Å². The number of nitrogens with one attached hydrogen (secondary N) is 10. The Labute approximate surface area is 562 Å². The predicted molar refractivity (Wildman–Crippen MR) is 396 cm³/mol. The van der Waals surface area contributed by atoms with Crippen LogP contribution in [-0.4, -0.2) is 198 Å². The molecule has 0 spiro atoms. The fraction of sp³-hybridized carbons (Fsp3) is 0.400. The van der Waals surface area contributed by atoms with Crippen LogP contribution in [0.4, 0.5) is 0 Å². The van der Waals surface area contributed by atoms with Gasteiger partial charge in [0.1, 0.15) is 0 Å². The molecule has 0 aromatic carbocycles. The number of nitrogens with two attached hydrogens (primary N) is 13. The Morgan fingerprint density at radius 2 is 0.771 bits per heavy atom. The SMILES string of the molecule is CN=C(N)NC(N)=NCCc1ccc(C)[nH]1.CN=C(N=C(N)N)N(C)CCc1ccc(C)[nH]1.CN=C(N=C(N)N)NCCc1ccc(C)[nH]1.Cc1ccc(CCN(C)C(=N)N=C(N)N)[nH]1.Cc1ccc(CCN=C(N)N(C)C(=N)N)[nH]1.Cc1ccc(CCN=C(N)N=C(N)N)[nH]1. The van der Waals surface area contributed by atoms with E-state index in [2.05, 4.69) is 109 Å². The van der Waals surface area contributed by atoms with Crippen molar-refractivity contribution in [2.45, 2.75) is 80.1 Å². The molecule has 0 aliphatic carbocycles. The summed E-state index contributed by atoms with van der Waals surface area (Å²) < 4.78 is 0. The van der Waals surface area contributed by atoms with E-state index in [1.807, 2.05) is 108 Å². The van der Waals surface area contributed by atoms with Crippen molar-refractivity contribution in [3.05, 3.63) is 141 Å². The lowest BCUT2D eigenvalue weighted by molar-refractivity contribution is 0.497. The van der Waals surface area contributed by atoms with Gasteiger partial charge in [0.2, 0.25) is 23.8 Å². The van der Waals surface area contributed by atoms with Crippen LogP contribution < -0.4 is 85.2 Å². The quantitative estimate of drug-likeness (QED) is 0.0361. The molecule has 0 aliphatic heterocycles. The number of likely N-dealkylation sites (N-methyl/N-ethyl adjacent to an activating group) is 2. The Hall–Kier alpha value is -11.9. The Kier molecular flexibility index (Phi) is 38.8. The molecule has 6 rings (SSSR count). The molecule has 0 bridgehead atoms. The maximum Gasteiger partial charge on any atom is 0.223 e. The number of H-pyrrole nitrogens is 6. The Bertz CT molecular complexity index is 3530. The van der Waals surface area contributed by atoms with Crippen LogP contribution >= 0.6 is 0 Å². The fourth-order valence-electron chi connectivity index (χ4n) is 7.76. The van der Waals surface area contributed by atoms with Gasteiger partial charge in [-0.05, 0) is 114 Å². The molecule has 0 aliphatic rings. The van der Waals surface area contributed by atoms with Crippen LogP contribution in [0.25, 0.3) is 0 Å². The van der Waals surface area contributed by atoms with Crippen LogP contribution in [0.1, 0.15) is 68.3 Å². The molecule has 0 amide bonds. The standard InChI is InChI=1S/C11H20N6.4C10H18N6.C9H16N6/c1-8-4-5-9(15-8)6-7-17(3)11(14-2)16-10(12)13;1-7-3-4-8(15-7)5-6-14-10(12)16-9(11)13-2;1-7-3-4-8(14-7)5-6-16(2)10(13)15-9(11)12;1-7-3-4-8(15-7)5-6-14-10(13)16(2)9(11)12;1-7-3-4-8(15-7)5-6-14-10(13-2)16-9(11)12;1-6-2-3-7(14-6)4-5-13-9(12)15-8(10)11/h4-5,15H,6-7H2,1-3H3,(H4,12,13,14,16);3-4,15H,5-6H2,1-2H3,(H5,11,12,13,14,16);3-4,14H,5-6H2,1-2H3,(H5,11,12,13,15);3-4,15H,5-6H2,1-2H3,(H3,11,12)(H2,13,14);3-4,15H,5-6H2,1-2H3,(H5,11,12,13,14,16);2-3,14H,4-5H2,1H3,(H6,10,11,12,13,15).